The largest absolute Gasteiger partial charge is 0.350 e. The Labute approximate surface area is 131 Å². The number of hydrogen-bond acceptors (Lipinski definition) is 2. The summed E-state index contributed by atoms with van der Waals surface area (Å²) in [6.45, 7) is 0.545. The third-order valence-corrected chi connectivity index (χ3v) is 3.73. The fourth-order valence-corrected chi connectivity index (χ4v) is 2.58. The molecule has 2 aromatic carbocycles. The fourth-order valence-electron chi connectivity index (χ4n) is 2.58. The Bertz CT molecular complexity index is 777. The quantitative estimate of drug-likeness (QED) is 0.941. The summed E-state index contributed by atoms with van der Waals surface area (Å²) in [5, 5.41) is 2.60. The lowest BCUT2D eigenvalue weighted by atomic mass is 10.2. The normalized spacial score (nSPS) is 13.1. The number of carbonyl (C=O) groups is 2. The lowest BCUT2D eigenvalue weighted by Gasteiger charge is -2.17. The van der Waals surface area contributed by atoms with Crippen LogP contribution in [0.1, 0.15) is 15.9 Å². The summed E-state index contributed by atoms with van der Waals surface area (Å²) in [5.74, 6) is -2.60. The molecule has 0 aliphatic carbocycles. The number of fused-ring (bicyclic) bond motifs is 1. The molecule has 0 radical (unpaired) electrons. The van der Waals surface area contributed by atoms with Crippen LogP contribution in [0.25, 0.3) is 0 Å². The predicted octanol–water partition coefficient (Wildman–Crippen LogP) is 2.28. The number of carbonyl (C=O) groups excluding carboxylic acids is 2. The Kier molecular flexibility index (Phi) is 4.06. The molecule has 0 aromatic heterocycles. The van der Waals surface area contributed by atoms with Crippen molar-refractivity contribution in [2.24, 2.45) is 0 Å². The van der Waals surface area contributed by atoms with Gasteiger partial charge < -0.3 is 10.2 Å². The van der Waals surface area contributed by atoms with Gasteiger partial charge in [0.15, 0.2) is 11.6 Å². The Morgan fingerprint density at radius 2 is 1.91 bits per heavy atom. The van der Waals surface area contributed by atoms with Crippen LogP contribution in [-0.4, -0.2) is 24.9 Å². The molecule has 1 N–H and O–H groups in total. The van der Waals surface area contributed by atoms with Crippen LogP contribution in [0, 0.1) is 11.6 Å². The zero-order chi connectivity index (χ0) is 16.4. The van der Waals surface area contributed by atoms with Crippen molar-refractivity contribution in [1.29, 1.82) is 0 Å². The Balaban J connectivity index is 1.60. The average Bonchev–Trinajstić information content (AvgIpc) is 2.86. The zero-order valence-corrected chi connectivity index (χ0v) is 12.2. The first kappa shape index (κ1) is 15.1. The van der Waals surface area contributed by atoms with Gasteiger partial charge in [-0.2, -0.15) is 0 Å². The molecule has 23 heavy (non-hydrogen) atoms. The van der Waals surface area contributed by atoms with Crippen LogP contribution in [0.15, 0.2) is 42.5 Å². The highest BCUT2D eigenvalue weighted by Gasteiger charge is 2.26. The molecule has 0 saturated heterocycles. The van der Waals surface area contributed by atoms with E-state index < -0.39 is 17.5 Å². The first-order valence-corrected chi connectivity index (χ1v) is 7.18. The van der Waals surface area contributed by atoms with Crippen molar-refractivity contribution in [2.45, 2.75) is 6.42 Å². The van der Waals surface area contributed by atoms with Gasteiger partial charge in [0.05, 0.1) is 6.42 Å². The topological polar surface area (TPSA) is 49.4 Å². The van der Waals surface area contributed by atoms with Gasteiger partial charge >= 0.3 is 0 Å². The summed E-state index contributed by atoms with van der Waals surface area (Å²) in [4.78, 5) is 25.5. The van der Waals surface area contributed by atoms with Gasteiger partial charge in [0.25, 0.3) is 5.91 Å². The minimum absolute atomic E-state index is 0.0201. The monoisotopic (exact) mass is 316 g/mol. The Morgan fingerprint density at radius 1 is 1.13 bits per heavy atom. The van der Waals surface area contributed by atoms with Crippen molar-refractivity contribution in [3.05, 3.63) is 65.2 Å². The van der Waals surface area contributed by atoms with Crippen molar-refractivity contribution in [1.82, 2.24) is 5.32 Å². The third-order valence-electron chi connectivity index (χ3n) is 3.73. The summed E-state index contributed by atoms with van der Waals surface area (Å²) in [7, 11) is 0. The second-order valence-corrected chi connectivity index (χ2v) is 5.24. The highest BCUT2D eigenvalue weighted by Crippen LogP contribution is 2.27. The van der Waals surface area contributed by atoms with Crippen LogP contribution < -0.4 is 10.2 Å². The molecular weight excluding hydrogens is 302 g/mol. The first-order chi connectivity index (χ1) is 11.1. The molecule has 2 amide bonds. The summed E-state index contributed by atoms with van der Waals surface area (Å²) in [5.41, 5.74) is 1.85. The maximum absolute atomic E-state index is 13.1. The van der Waals surface area contributed by atoms with Gasteiger partial charge in [-0.05, 0) is 29.8 Å². The van der Waals surface area contributed by atoms with E-state index in [2.05, 4.69) is 5.32 Å². The van der Waals surface area contributed by atoms with E-state index in [1.165, 1.54) is 6.07 Å². The Hall–Kier alpha value is -2.76. The van der Waals surface area contributed by atoms with E-state index in [4.69, 9.17) is 0 Å². The van der Waals surface area contributed by atoms with Gasteiger partial charge in [-0.3, -0.25) is 9.59 Å². The predicted molar refractivity (Wildman–Crippen MR) is 81.2 cm³/mol. The maximum atomic E-state index is 13.1. The molecule has 0 unspecified atom stereocenters. The van der Waals surface area contributed by atoms with Crippen LogP contribution in [-0.2, 0) is 11.2 Å². The molecule has 0 bridgehead atoms. The number of para-hydroxylation sites is 1. The zero-order valence-electron chi connectivity index (χ0n) is 12.2. The van der Waals surface area contributed by atoms with E-state index in [0.29, 0.717) is 13.0 Å². The van der Waals surface area contributed by atoms with E-state index >= 15 is 0 Å². The van der Waals surface area contributed by atoms with Gasteiger partial charge in [-0.25, -0.2) is 8.78 Å². The number of halogens is 2. The molecule has 0 saturated carbocycles. The molecule has 118 valence electrons. The lowest BCUT2D eigenvalue weighted by molar-refractivity contribution is -0.117. The number of benzene rings is 2. The smallest absolute Gasteiger partial charge is 0.251 e. The number of hydrogen-bond donors (Lipinski definition) is 1. The second-order valence-electron chi connectivity index (χ2n) is 5.24. The second kappa shape index (κ2) is 6.16. The summed E-state index contributed by atoms with van der Waals surface area (Å²) in [6, 6.07) is 10.4. The standard InChI is InChI=1S/C17H14F2N2O2/c18-13-6-5-12(9-14(13)19)17(23)20-7-8-21-15-4-2-1-3-11(15)10-16(21)22/h1-6,9H,7-8,10H2,(H,20,23). The minimum atomic E-state index is -1.07. The summed E-state index contributed by atoms with van der Waals surface area (Å²) in [6.07, 6.45) is 0.354. The minimum Gasteiger partial charge on any atom is -0.350 e. The highest BCUT2D eigenvalue weighted by atomic mass is 19.2. The van der Waals surface area contributed by atoms with Crippen molar-refractivity contribution >= 4 is 17.5 Å². The lowest BCUT2D eigenvalue weighted by Crippen LogP contribution is -2.36. The van der Waals surface area contributed by atoms with Crippen LogP contribution in [0.2, 0.25) is 0 Å². The summed E-state index contributed by atoms with van der Waals surface area (Å²) >= 11 is 0. The fraction of sp³-hybridized carbons (Fsp3) is 0.176. The number of amides is 2. The average molecular weight is 316 g/mol. The number of rotatable bonds is 4. The van der Waals surface area contributed by atoms with Gasteiger partial charge in [-0.1, -0.05) is 18.2 Å². The molecule has 0 fully saturated rings. The van der Waals surface area contributed by atoms with Crippen LogP contribution in [0.5, 0.6) is 0 Å². The van der Waals surface area contributed by atoms with Crippen molar-refractivity contribution in [2.75, 3.05) is 18.0 Å². The molecule has 0 spiro atoms. The molecule has 2 aromatic rings. The van der Waals surface area contributed by atoms with Gasteiger partial charge in [0, 0.05) is 24.3 Å². The van der Waals surface area contributed by atoms with Crippen LogP contribution in [0.4, 0.5) is 14.5 Å². The van der Waals surface area contributed by atoms with E-state index in [1.807, 2.05) is 24.3 Å². The molecule has 1 aliphatic heterocycles. The molecule has 1 heterocycles. The van der Waals surface area contributed by atoms with Crippen LogP contribution >= 0.6 is 0 Å². The third kappa shape index (κ3) is 3.06. The van der Waals surface area contributed by atoms with Crippen molar-refractivity contribution < 1.29 is 18.4 Å². The highest BCUT2D eigenvalue weighted by molar-refractivity contribution is 6.01. The number of nitrogens with zero attached hydrogens (tertiary/aromatic N) is 1. The molecule has 6 heteroatoms. The first-order valence-electron chi connectivity index (χ1n) is 7.18. The van der Waals surface area contributed by atoms with E-state index in [9.17, 15) is 18.4 Å². The van der Waals surface area contributed by atoms with Crippen molar-refractivity contribution in [3.8, 4) is 0 Å². The maximum Gasteiger partial charge on any atom is 0.251 e. The number of nitrogens with one attached hydrogen (secondary N) is 1. The molecule has 4 nitrogen and oxygen atoms in total. The van der Waals surface area contributed by atoms with E-state index in [1.54, 1.807) is 4.90 Å². The van der Waals surface area contributed by atoms with E-state index in [0.717, 1.165) is 23.4 Å². The molecular formula is C17H14F2N2O2. The number of anilines is 1. The summed E-state index contributed by atoms with van der Waals surface area (Å²) < 4.78 is 26.0. The SMILES string of the molecule is O=C(NCCN1C(=O)Cc2ccccc21)c1ccc(F)c(F)c1. The molecule has 3 rings (SSSR count). The van der Waals surface area contributed by atoms with Crippen molar-refractivity contribution in [3.63, 3.8) is 0 Å². The van der Waals surface area contributed by atoms with E-state index in [-0.39, 0.29) is 18.0 Å². The van der Waals surface area contributed by atoms with Gasteiger partial charge in [-0.15, -0.1) is 0 Å². The molecule has 1 aliphatic rings. The molecule has 0 atom stereocenters. The van der Waals surface area contributed by atoms with Crippen LogP contribution in [0.3, 0.4) is 0 Å². The van der Waals surface area contributed by atoms with Gasteiger partial charge in [0.2, 0.25) is 5.91 Å². The Morgan fingerprint density at radius 3 is 2.70 bits per heavy atom. The van der Waals surface area contributed by atoms with Gasteiger partial charge in [0.1, 0.15) is 0 Å².